The molecule has 9 heteroatoms. The van der Waals surface area contributed by atoms with E-state index in [1.807, 2.05) is 0 Å². The SMILES string of the molecule is C1CCOCC1.C1CCOCC1.CCOC(C)=O.CN1CCOCC1.COCC(C)O.Cc1ccccc1C.O=C1CCCC1. The van der Waals surface area contributed by atoms with Crippen molar-refractivity contribution in [1.29, 1.82) is 0 Å². The van der Waals surface area contributed by atoms with Crippen LogP contribution in [-0.4, -0.2) is 108 Å². The Bertz CT molecular complexity index is 712. The van der Waals surface area contributed by atoms with Crippen LogP contribution in [0.4, 0.5) is 0 Å². The number of Topliss-reactive ketones (excluding diaryl/α,β-unsaturated/α-hetero) is 1. The van der Waals surface area contributed by atoms with Crippen LogP contribution in [0.5, 0.6) is 0 Å². The monoisotopic (exact) mass is 641 g/mol. The fourth-order valence-electron chi connectivity index (χ4n) is 3.91. The summed E-state index contributed by atoms with van der Waals surface area (Å²) in [5.41, 5.74) is 2.74. The van der Waals surface area contributed by atoms with Crippen molar-refractivity contribution in [1.82, 2.24) is 4.90 Å². The molecular formula is C36H67NO8. The molecule has 3 saturated heterocycles. The van der Waals surface area contributed by atoms with Gasteiger partial charge in [0, 0.05) is 66.4 Å². The number of morpholine rings is 1. The van der Waals surface area contributed by atoms with E-state index in [9.17, 15) is 9.59 Å². The summed E-state index contributed by atoms with van der Waals surface area (Å²) >= 11 is 0. The summed E-state index contributed by atoms with van der Waals surface area (Å²) in [7, 11) is 3.68. The van der Waals surface area contributed by atoms with Crippen molar-refractivity contribution in [2.75, 3.05) is 80.1 Å². The molecule has 0 amide bonds. The number of hydrogen-bond donors (Lipinski definition) is 1. The molecule has 4 fully saturated rings. The summed E-state index contributed by atoms with van der Waals surface area (Å²) in [6.07, 6.45) is 11.5. The molecule has 1 aromatic rings. The van der Waals surface area contributed by atoms with E-state index >= 15 is 0 Å². The van der Waals surface area contributed by atoms with Crippen molar-refractivity contribution in [2.45, 2.75) is 105 Å². The van der Waals surface area contributed by atoms with E-state index in [4.69, 9.17) is 19.3 Å². The molecule has 0 bridgehead atoms. The molecule has 1 saturated carbocycles. The summed E-state index contributed by atoms with van der Waals surface area (Å²) in [5, 5.41) is 8.43. The van der Waals surface area contributed by atoms with Gasteiger partial charge in [0.2, 0.25) is 0 Å². The first-order valence-corrected chi connectivity index (χ1v) is 16.9. The largest absolute Gasteiger partial charge is 0.466 e. The average Bonchev–Trinajstić information content (AvgIpc) is 3.53. The summed E-state index contributed by atoms with van der Waals surface area (Å²) in [6.45, 7) is 18.0. The van der Waals surface area contributed by atoms with Gasteiger partial charge < -0.3 is 33.7 Å². The maximum absolute atomic E-state index is 10.2. The maximum atomic E-state index is 10.2. The fraction of sp³-hybridized carbons (Fsp3) is 0.778. The minimum atomic E-state index is -0.324. The van der Waals surface area contributed by atoms with Gasteiger partial charge >= 0.3 is 5.97 Å². The van der Waals surface area contributed by atoms with Gasteiger partial charge in [0.1, 0.15) is 5.78 Å². The van der Waals surface area contributed by atoms with Crippen LogP contribution in [0, 0.1) is 13.8 Å². The topological polar surface area (TPSA) is 104 Å². The number of carbonyl (C=O) groups excluding carboxylic acids is 2. The zero-order valence-corrected chi connectivity index (χ0v) is 29.8. The number of rotatable bonds is 3. The van der Waals surface area contributed by atoms with Crippen molar-refractivity contribution in [2.24, 2.45) is 0 Å². The second-order valence-electron chi connectivity index (χ2n) is 11.3. The number of benzene rings is 1. The molecule has 0 spiro atoms. The molecule has 9 nitrogen and oxygen atoms in total. The van der Waals surface area contributed by atoms with E-state index in [0.29, 0.717) is 19.0 Å². The van der Waals surface area contributed by atoms with E-state index in [1.165, 1.54) is 56.6 Å². The number of aryl methyl sites for hydroxylation is 2. The van der Waals surface area contributed by atoms with Crippen molar-refractivity contribution in [3.8, 4) is 0 Å². The number of likely N-dealkylation sites (N-methyl/N-ethyl adjacent to an activating group) is 1. The Balaban J connectivity index is 0. The Labute approximate surface area is 275 Å². The van der Waals surface area contributed by atoms with Gasteiger partial charge in [-0.25, -0.2) is 0 Å². The van der Waals surface area contributed by atoms with Crippen LogP contribution < -0.4 is 0 Å². The Morgan fingerprint density at radius 2 is 1.24 bits per heavy atom. The van der Waals surface area contributed by atoms with E-state index in [2.05, 4.69) is 59.5 Å². The Morgan fingerprint density at radius 1 is 0.822 bits per heavy atom. The lowest BCUT2D eigenvalue weighted by molar-refractivity contribution is -0.140. The van der Waals surface area contributed by atoms with E-state index in [0.717, 1.165) is 78.4 Å². The molecule has 5 rings (SSSR count). The highest BCUT2D eigenvalue weighted by Crippen LogP contribution is 2.11. The molecule has 4 aliphatic rings. The van der Waals surface area contributed by atoms with Gasteiger partial charge in [-0.1, -0.05) is 24.3 Å². The Morgan fingerprint density at radius 3 is 1.38 bits per heavy atom. The molecule has 0 radical (unpaired) electrons. The minimum absolute atomic E-state index is 0.211. The van der Waals surface area contributed by atoms with Gasteiger partial charge in [-0.15, -0.1) is 0 Å². The fourth-order valence-corrected chi connectivity index (χ4v) is 3.91. The van der Waals surface area contributed by atoms with E-state index in [1.54, 1.807) is 21.0 Å². The van der Waals surface area contributed by atoms with Gasteiger partial charge in [-0.05, 0) is 97.2 Å². The van der Waals surface area contributed by atoms with Crippen molar-refractivity contribution in [3.05, 3.63) is 35.4 Å². The molecule has 3 aliphatic heterocycles. The first kappa shape index (κ1) is 45.2. The number of ketones is 1. The number of carbonyl (C=O) groups is 2. The number of esters is 1. The van der Waals surface area contributed by atoms with Gasteiger partial charge in [0.25, 0.3) is 0 Å². The third-order valence-corrected chi connectivity index (χ3v) is 6.73. The molecular weight excluding hydrogens is 574 g/mol. The Hall–Kier alpha value is -1.88. The van der Waals surface area contributed by atoms with Gasteiger partial charge in [-0.2, -0.15) is 0 Å². The van der Waals surface area contributed by atoms with Crippen LogP contribution >= 0.6 is 0 Å². The first-order chi connectivity index (χ1) is 21.6. The third-order valence-electron chi connectivity index (χ3n) is 6.73. The first-order valence-electron chi connectivity index (χ1n) is 16.9. The smallest absolute Gasteiger partial charge is 0.302 e. The summed E-state index contributed by atoms with van der Waals surface area (Å²) < 4.78 is 24.2. The standard InChI is InChI=1S/C8H10.C5H11NO.2C5H10O.C5H8O.C4H10O2.C4H8O2/c1-7-5-3-4-6-8(7)2;1-6-2-4-7-5-3-6;2*1-2-4-6-5-3-1;6-5-3-1-2-4-5;1-4(5)3-6-2;1-3-6-4(2)5/h3-6H,1-2H3;2-5H2,1H3;2*1-5H2;1-4H2;4-5H,3H2,1-2H3;3H2,1-2H3. The predicted octanol–water partition coefficient (Wildman–Crippen LogP) is 6.34. The third kappa shape index (κ3) is 38.2. The van der Waals surface area contributed by atoms with Crippen LogP contribution in [0.25, 0.3) is 0 Å². The molecule has 264 valence electrons. The van der Waals surface area contributed by atoms with Crippen LogP contribution in [0.2, 0.25) is 0 Å². The number of ether oxygens (including phenoxy) is 5. The van der Waals surface area contributed by atoms with Crippen LogP contribution in [-0.2, 0) is 33.3 Å². The summed E-state index contributed by atoms with van der Waals surface area (Å²) in [5.74, 6) is 0.243. The number of methoxy groups -OCH3 is 1. The minimum Gasteiger partial charge on any atom is -0.466 e. The highest BCUT2D eigenvalue weighted by Gasteiger charge is 2.07. The van der Waals surface area contributed by atoms with E-state index in [-0.39, 0.29) is 12.1 Å². The van der Waals surface area contributed by atoms with Crippen molar-refractivity contribution in [3.63, 3.8) is 0 Å². The van der Waals surface area contributed by atoms with Gasteiger partial charge in [0.15, 0.2) is 0 Å². The molecule has 0 aromatic heterocycles. The molecule has 1 N–H and O–H groups in total. The summed E-state index contributed by atoms with van der Waals surface area (Å²) in [6, 6.07) is 8.36. The molecule has 1 aliphatic carbocycles. The number of hydrogen-bond acceptors (Lipinski definition) is 9. The van der Waals surface area contributed by atoms with Crippen molar-refractivity contribution >= 4 is 11.8 Å². The molecule has 3 heterocycles. The summed E-state index contributed by atoms with van der Waals surface area (Å²) in [4.78, 5) is 22.3. The lowest BCUT2D eigenvalue weighted by atomic mass is 10.1. The molecule has 1 unspecified atom stereocenters. The lowest BCUT2D eigenvalue weighted by Gasteiger charge is -2.21. The van der Waals surface area contributed by atoms with Gasteiger partial charge in [0.05, 0.1) is 32.5 Å². The maximum Gasteiger partial charge on any atom is 0.302 e. The highest BCUT2D eigenvalue weighted by molar-refractivity contribution is 5.80. The zero-order valence-electron chi connectivity index (χ0n) is 29.8. The van der Waals surface area contributed by atoms with Crippen molar-refractivity contribution < 1.29 is 38.4 Å². The predicted molar refractivity (Wildman–Crippen MR) is 183 cm³/mol. The van der Waals surface area contributed by atoms with Gasteiger partial charge in [-0.3, -0.25) is 9.59 Å². The van der Waals surface area contributed by atoms with Crippen LogP contribution in [0.15, 0.2) is 24.3 Å². The molecule has 1 atom stereocenters. The molecule has 1 aromatic carbocycles. The number of aliphatic hydroxyl groups excluding tert-OH is 1. The average molecular weight is 642 g/mol. The molecule has 45 heavy (non-hydrogen) atoms. The number of nitrogens with zero attached hydrogens (tertiary/aromatic N) is 1. The second-order valence-corrected chi connectivity index (χ2v) is 11.3. The zero-order chi connectivity index (χ0) is 34.0. The Kier molecular flexibility index (Phi) is 35.2. The van der Waals surface area contributed by atoms with Crippen LogP contribution in [0.3, 0.4) is 0 Å². The number of aliphatic hydroxyl groups is 1. The second kappa shape index (κ2) is 35.0. The lowest BCUT2D eigenvalue weighted by Crippen LogP contribution is -2.32. The quantitative estimate of drug-likeness (QED) is 0.379. The van der Waals surface area contributed by atoms with E-state index < -0.39 is 0 Å². The highest BCUT2D eigenvalue weighted by atomic mass is 16.5. The normalized spacial score (nSPS) is 17.9. The van der Waals surface area contributed by atoms with Crippen LogP contribution in [0.1, 0.15) is 96.1 Å².